The largest absolute Gasteiger partial charge is 0.395 e. The highest BCUT2D eigenvalue weighted by molar-refractivity contribution is 6.30. The normalized spacial score (nSPS) is 9.43. The molecule has 0 fully saturated rings. The molecule has 2 heteroatoms. The zero-order valence-corrected chi connectivity index (χ0v) is 9.15. The van der Waals surface area contributed by atoms with Gasteiger partial charge in [-0.15, -0.1) is 0 Å². The number of aliphatic hydroxyl groups is 1. The van der Waals surface area contributed by atoms with Crippen molar-refractivity contribution in [1.82, 2.24) is 0 Å². The summed E-state index contributed by atoms with van der Waals surface area (Å²) < 4.78 is 0. The summed E-state index contributed by atoms with van der Waals surface area (Å²) in [5.74, 6) is 5.95. The van der Waals surface area contributed by atoms with Crippen LogP contribution in [0.4, 0.5) is 0 Å². The third kappa shape index (κ3) is 2.77. The molecule has 0 saturated carbocycles. The Kier molecular flexibility index (Phi) is 4.00. The zero-order chi connectivity index (χ0) is 10.6. The Balaban J connectivity index is 3.04. The SMILES string of the molecule is Cc1cc(Cl)cc(C)c1C#CCCO. The highest BCUT2D eigenvalue weighted by Gasteiger charge is 2.00. The maximum absolute atomic E-state index is 8.60. The lowest BCUT2D eigenvalue weighted by Crippen LogP contribution is -1.88. The first kappa shape index (κ1) is 11.1. The van der Waals surface area contributed by atoms with Crippen LogP contribution in [0.3, 0.4) is 0 Å². The molecule has 0 bridgehead atoms. The third-order valence-electron chi connectivity index (χ3n) is 1.95. The second kappa shape index (κ2) is 5.05. The Morgan fingerprint density at radius 2 is 1.86 bits per heavy atom. The summed E-state index contributed by atoms with van der Waals surface area (Å²) >= 11 is 5.90. The van der Waals surface area contributed by atoms with E-state index in [-0.39, 0.29) is 6.61 Å². The molecule has 0 radical (unpaired) electrons. The zero-order valence-electron chi connectivity index (χ0n) is 8.39. The molecule has 0 aliphatic rings. The minimum Gasteiger partial charge on any atom is -0.395 e. The van der Waals surface area contributed by atoms with Crippen LogP contribution in [-0.2, 0) is 0 Å². The highest BCUT2D eigenvalue weighted by atomic mass is 35.5. The maximum atomic E-state index is 8.60. The van der Waals surface area contributed by atoms with Crippen molar-refractivity contribution in [1.29, 1.82) is 0 Å². The van der Waals surface area contributed by atoms with Gasteiger partial charge in [0.1, 0.15) is 0 Å². The summed E-state index contributed by atoms with van der Waals surface area (Å²) in [5.41, 5.74) is 3.18. The van der Waals surface area contributed by atoms with Gasteiger partial charge >= 0.3 is 0 Å². The van der Waals surface area contributed by atoms with E-state index in [4.69, 9.17) is 16.7 Å². The van der Waals surface area contributed by atoms with E-state index in [0.29, 0.717) is 6.42 Å². The van der Waals surface area contributed by atoms with E-state index in [9.17, 15) is 0 Å². The third-order valence-corrected chi connectivity index (χ3v) is 2.17. The van der Waals surface area contributed by atoms with Crippen molar-refractivity contribution in [3.8, 4) is 11.8 Å². The molecule has 14 heavy (non-hydrogen) atoms. The predicted molar refractivity (Wildman–Crippen MR) is 59.5 cm³/mol. The lowest BCUT2D eigenvalue weighted by molar-refractivity contribution is 0.305. The molecule has 1 aromatic carbocycles. The second-order valence-corrected chi connectivity index (χ2v) is 3.63. The smallest absolute Gasteiger partial charge is 0.0540 e. The average Bonchev–Trinajstić information content (AvgIpc) is 2.09. The fourth-order valence-corrected chi connectivity index (χ4v) is 1.64. The predicted octanol–water partition coefficient (Wildman–Crippen LogP) is 2.69. The molecule has 0 aliphatic heterocycles. The van der Waals surface area contributed by atoms with Crippen LogP contribution in [0.5, 0.6) is 0 Å². The van der Waals surface area contributed by atoms with E-state index in [1.807, 2.05) is 26.0 Å². The molecule has 0 heterocycles. The number of rotatable bonds is 1. The molecule has 1 N–H and O–H groups in total. The van der Waals surface area contributed by atoms with Crippen LogP contribution in [0.15, 0.2) is 12.1 Å². The number of aryl methyl sites for hydroxylation is 2. The van der Waals surface area contributed by atoms with Crippen LogP contribution in [0.2, 0.25) is 5.02 Å². The molecule has 0 atom stereocenters. The van der Waals surface area contributed by atoms with Crippen molar-refractivity contribution in [2.24, 2.45) is 0 Å². The van der Waals surface area contributed by atoms with Crippen LogP contribution in [-0.4, -0.2) is 11.7 Å². The second-order valence-electron chi connectivity index (χ2n) is 3.19. The van der Waals surface area contributed by atoms with Gasteiger partial charge in [-0.05, 0) is 37.1 Å². The fraction of sp³-hybridized carbons (Fsp3) is 0.333. The Labute approximate surface area is 89.7 Å². The van der Waals surface area contributed by atoms with Gasteiger partial charge in [0.25, 0.3) is 0 Å². The molecule has 1 nitrogen and oxygen atoms in total. The molecule has 1 rings (SSSR count). The highest BCUT2D eigenvalue weighted by Crippen LogP contribution is 2.18. The summed E-state index contributed by atoms with van der Waals surface area (Å²) in [6.07, 6.45) is 0.515. The van der Waals surface area contributed by atoms with Crippen LogP contribution in [0.1, 0.15) is 23.1 Å². The Morgan fingerprint density at radius 3 is 2.36 bits per heavy atom. The van der Waals surface area contributed by atoms with E-state index >= 15 is 0 Å². The summed E-state index contributed by atoms with van der Waals surface area (Å²) in [4.78, 5) is 0. The van der Waals surface area contributed by atoms with E-state index in [0.717, 1.165) is 21.7 Å². The van der Waals surface area contributed by atoms with Gasteiger partial charge in [-0.2, -0.15) is 0 Å². The number of halogens is 1. The number of aliphatic hydroxyl groups excluding tert-OH is 1. The molecule has 0 unspecified atom stereocenters. The first-order valence-corrected chi connectivity index (χ1v) is 4.89. The molecule has 0 amide bonds. The molecule has 74 valence electrons. The van der Waals surface area contributed by atoms with Crippen LogP contribution in [0.25, 0.3) is 0 Å². The number of hydrogen-bond donors (Lipinski definition) is 1. The minimum absolute atomic E-state index is 0.110. The maximum Gasteiger partial charge on any atom is 0.0540 e. The number of benzene rings is 1. The van der Waals surface area contributed by atoms with Gasteiger partial charge in [-0.25, -0.2) is 0 Å². The molecule has 0 spiro atoms. The lowest BCUT2D eigenvalue weighted by Gasteiger charge is -2.03. The van der Waals surface area contributed by atoms with Crippen molar-refractivity contribution < 1.29 is 5.11 Å². The standard InChI is InChI=1S/C12H13ClO/c1-9-7-11(13)8-10(2)12(9)5-3-4-6-14/h7-8,14H,4,6H2,1-2H3. The van der Waals surface area contributed by atoms with Gasteiger partial charge in [0.2, 0.25) is 0 Å². The quantitative estimate of drug-likeness (QED) is 0.704. The van der Waals surface area contributed by atoms with Crippen LogP contribution in [0, 0.1) is 25.7 Å². The van der Waals surface area contributed by atoms with E-state index in [1.54, 1.807) is 0 Å². The molecule has 0 saturated heterocycles. The topological polar surface area (TPSA) is 20.2 Å². The summed E-state index contributed by atoms with van der Waals surface area (Å²) in [7, 11) is 0. The van der Waals surface area contributed by atoms with Crippen LogP contribution < -0.4 is 0 Å². The molecular weight excluding hydrogens is 196 g/mol. The fourth-order valence-electron chi connectivity index (χ4n) is 1.31. The van der Waals surface area contributed by atoms with Crippen molar-refractivity contribution in [2.75, 3.05) is 6.61 Å². The van der Waals surface area contributed by atoms with Crippen molar-refractivity contribution >= 4 is 11.6 Å². The average molecular weight is 209 g/mol. The first-order chi connectivity index (χ1) is 6.65. The summed E-state index contributed by atoms with van der Waals surface area (Å²) in [6, 6.07) is 3.80. The van der Waals surface area contributed by atoms with E-state index < -0.39 is 0 Å². The van der Waals surface area contributed by atoms with E-state index in [2.05, 4.69) is 11.8 Å². The van der Waals surface area contributed by atoms with Crippen LogP contribution >= 0.6 is 11.6 Å². The lowest BCUT2D eigenvalue weighted by atomic mass is 10.0. The molecule has 1 aromatic rings. The van der Waals surface area contributed by atoms with Gasteiger partial charge in [0.05, 0.1) is 6.61 Å². The summed E-state index contributed by atoms with van der Waals surface area (Å²) in [5, 5.41) is 9.35. The van der Waals surface area contributed by atoms with Gasteiger partial charge in [-0.3, -0.25) is 0 Å². The number of hydrogen-bond acceptors (Lipinski definition) is 1. The monoisotopic (exact) mass is 208 g/mol. The van der Waals surface area contributed by atoms with E-state index in [1.165, 1.54) is 0 Å². The Morgan fingerprint density at radius 1 is 1.29 bits per heavy atom. The Hall–Kier alpha value is -0.970. The molecule has 0 aromatic heterocycles. The van der Waals surface area contributed by atoms with Gasteiger partial charge in [0, 0.05) is 17.0 Å². The summed E-state index contributed by atoms with van der Waals surface area (Å²) in [6.45, 7) is 4.09. The molecular formula is C12H13ClO. The van der Waals surface area contributed by atoms with Gasteiger partial charge in [-0.1, -0.05) is 23.4 Å². The van der Waals surface area contributed by atoms with Gasteiger partial charge in [0.15, 0.2) is 0 Å². The first-order valence-electron chi connectivity index (χ1n) is 4.51. The Bertz CT molecular complexity index is 362. The van der Waals surface area contributed by atoms with Crippen molar-refractivity contribution in [2.45, 2.75) is 20.3 Å². The van der Waals surface area contributed by atoms with Crippen molar-refractivity contribution in [3.63, 3.8) is 0 Å². The van der Waals surface area contributed by atoms with Crippen molar-refractivity contribution in [3.05, 3.63) is 33.8 Å². The minimum atomic E-state index is 0.110. The molecule has 0 aliphatic carbocycles. The van der Waals surface area contributed by atoms with Gasteiger partial charge < -0.3 is 5.11 Å².